The molecule has 2 N–H and O–H groups in total. The Bertz CT molecular complexity index is 923. The van der Waals surface area contributed by atoms with Crippen LogP contribution in [0.5, 0.6) is 0 Å². The van der Waals surface area contributed by atoms with E-state index in [1.54, 1.807) is 6.07 Å². The predicted molar refractivity (Wildman–Crippen MR) is 106 cm³/mol. The summed E-state index contributed by atoms with van der Waals surface area (Å²) in [4.78, 5) is 6.58. The van der Waals surface area contributed by atoms with Crippen molar-refractivity contribution in [2.45, 2.75) is 31.9 Å². The van der Waals surface area contributed by atoms with Crippen LogP contribution in [0.4, 0.5) is 16.0 Å². The van der Waals surface area contributed by atoms with E-state index < -0.39 is 0 Å². The number of anilines is 2. The maximum absolute atomic E-state index is 14.0. The van der Waals surface area contributed by atoms with Crippen LogP contribution < -0.4 is 10.2 Å². The smallest absolute Gasteiger partial charge is 0.264 e. The minimum atomic E-state index is -0.289. The first-order valence-corrected chi connectivity index (χ1v) is 9.48. The van der Waals surface area contributed by atoms with Gasteiger partial charge in [0.1, 0.15) is 5.82 Å². The van der Waals surface area contributed by atoms with E-state index in [0.29, 0.717) is 24.7 Å². The van der Waals surface area contributed by atoms with Crippen LogP contribution in [-0.4, -0.2) is 34.4 Å². The van der Waals surface area contributed by atoms with Crippen LogP contribution >= 0.6 is 0 Å². The summed E-state index contributed by atoms with van der Waals surface area (Å²) in [7, 11) is 0. The third-order valence-corrected chi connectivity index (χ3v) is 5.05. The Morgan fingerprint density at radius 2 is 1.93 bits per heavy atom. The molecule has 4 rings (SSSR count). The second-order valence-electron chi connectivity index (χ2n) is 7.08. The molecule has 1 saturated heterocycles. The number of halogens is 1. The molecule has 7 heteroatoms. The molecule has 0 radical (unpaired) electrons. The van der Waals surface area contributed by atoms with Gasteiger partial charge in [0.25, 0.3) is 11.8 Å². The number of nitrogens with zero attached hydrogens (tertiary/aromatic N) is 3. The van der Waals surface area contributed by atoms with Gasteiger partial charge >= 0.3 is 0 Å². The Hall–Kier alpha value is -2.93. The zero-order valence-electron chi connectivity index (χ0n) is 15.7. The van der Waals surface area contributed by atoms with Crippen LogP contribution in [0.2, 0.25) is 0 Å². The molecule has 146 valence electrons. The zero-order valence-corrected chi connectivity index (χ0v) is 15.7. The summed E-state index contributed by atoms with van der Waals surface area (Å²) >= 11 is 0. The average Bonchev–Trinajstić information content (AvgIpc) is 3.18. The van der Waals surface area contributed by atoms with Crippen molar-refractivity contribution in [3.05, 3.63) is 59.9 Å². The highest BCUT2D eigenvalue weighted by Crippen LogP contribution is 2.31. The molecule has 1 aromatic heterocycles. The van der Waals surface area contributed by atoms with Crippen molar-refractivity contribution in [1.82, 2.24) is 10.1 Å². The molecule has 0 bridgehead atoms. The molecule has 1 unspecified atom stereocenters. The SMILES string of the molecule is CC(Nc1noc(-c2ccccc2)n1)c1cc(F)ccc1N1CCC(O)CC1. The summed E-state index contributed by atoms with van der Waals surface area (Å²) in [6.45, 7) is 3.43. The summed E-state index contributed by atoms with van der Waals surface area (Å²) in [5, 5.41) is 17.0. The lowest BCUT2D eigenvalue weighted by molar-refractivity contribution is 0.145. The van der Waals surface area contributed by atoms with Gasteiger partial charge in [0.05, 0.1) is 12.1 Å². The van der Waals surface area contributed by atoms with Crippen LogP contribution in [-0.2, 0) is 0 Å². The molecule has 2 aromatic carbocycles. The van der Waals surface area contributed by atoms with E-state index in [2.05, 4.69) is 20.4 Å². The van der Waals surface area contributed by atoms with E-state index in [1.165, 1.54) is 12.1 Å². The number of aliphatic hydroxyl groups is 1. The van der Waals surface area contributed by atoms with Crippen LogP contribution in [0, 0.1) is 5.82 Å². The standard InChI is InChI=1S/C21H23FN4O2/c1-14(23-21-24-20(28-25-21)15-5-3-2-4-6-15)18-13-16(22)7-8-19(18)26-11-9-17(27)10-12-26/h2-8,13-14,17,27H,9-12H2,1H3,(H,23,25). The maximum Gasteiger partial charge on any atom is 0.264 e. The molecule has 2 heterocycles. The van der Waals surface area contributed by atoms with Crippen molar-refractivity contribution in [1.29, 1.82) is 0 Å². The predicted octanol–water partition coefficient (Wildman–Crippen LogP) is 4.01. The summed E-state index contributed by atoms with van der Waals surface area (Å²) in [5.74, 6) is 0.498. The highest BCUT2D eigenvalue weighted by atomic mass is 19.1. The quantitative estimate of drug-likeness (QED) is 0.695. The third-order valence-electron chi connectivity index (χ3n) is 5.05. The Morgan fingerprint density at radius 3 is 2.68 bits per heavy atom. The Morgan fingerprint density at radius 1 is 1.18 bits per heavy atom. The highest BCUT2D eigenvalue weighted by molar-refractivity contribution is 5.58. The number of nitrogens with one attached hydrogen (secondary N) is 1. The molecule has 0 saturated carbocycles. The third kappa shape index (κ3) is 3.99. The van der Waals surface area contributed by atoms with E-state index in [4.69, 9.17) is 4.52 Å². The van der Waals surface area contributed by atoms with Gasteiger partial charge in [0.2, 0.25) is 0 Å². The minimum Gasteiger partial charge on any atom is -0.393 e. The molecule has 1 aliphatic rings. The average molecular weight is 382 g/mol. The molecular formula is C21H23FN4O2. The largest absolute Gasteiger partial charge is 0.393 e. The molecule has 1 atom stereocenters. The van der Waals surface area contributed by atoms with Gasteiger partial charge in [-0.1, -0.05) is 18.2 Å². The molecule has 28 heavy (non-hydrogen) atoms. The maximum atomic E-state index is 14.0. The zero-order chi connectivity index (χ0) is 19.5. The number of aliphatic hydroxyl groups excluding tert-OH is 1. The Kier molecular flexibility index (Phi) is 5.25. The van der Waals surface area contributed by atoms with Crippen molar-refractivity contribution >= 4 is 11.6 Å². The lowest BCUT2D eigenvalue weighted by Crippen LogP contribution is -2.36. The Balaban J connectivity index is 1.54. The van der Waals surface area contributed by atoms with Crippen LogP contribution in [0.1, 0.15) is 31.4 Å². The summed E-state index contributed by atoms with van der Waals surface area (Å²) in [6.07, 6.45) is 1.17. The molecule has 0 amide bonds. The van der Waals surface area contributed by atoms with Gasteiger partial charge in [-0.2, -0.15) is 4.98 Å². The molecule has 1 aliphatic heterocycles. The van der Waals surface area contributed by atoms with Gasteiger partial charge in [0.15, 0.2) is 0 Å². The van der Waals surface area contributed by atoms with E-state index in [0.717, 1.165) is 29.9 Å². The van der Waals surface area contributed by atoms with Crippen LogP contribution in [0.25, 0.3) is 11.5 Å². The van der Waals surface area contributed by atoms with Crippen LogP contribution in [0.3, 0.4) is 0 Å². The molecule has 1 fully saturated rings. The number of piperidine rings is 1. The summed E-state index contributed by atoms with van der Waals surface area (Å²) in [5.41, 5.74) is 2.62. The first-order valence-electron chi connectivity index (χ1n) is 9.48. The number of hydrogen-bond donors (Lipinski definition) is 2. The number of rotatable bonds is 5. The Labute approximate surface area is 163 Å². The van der Waals surface area contributed by atoms with Crippen molar-refractivity contribution in [2.75, 3.05) is 23.3 Å². The van der Waals surface area contributed by atoms with Crippen molar-refractivity contribution in [3.8, 4) is 11.5 Å². The fourth-order valence-electron chi connectivity index (χ4n) is 3.52. The van der Waals surface area contributed by atoms with E-state index in [9.17, 15) is 9.50 Å². The monoisotopic (exact) mass is 382 g/mol. The van der Waals surface area contributed by atoms with Crippen molar-refractivity contribution in [2.24, 2.45) is 0 Å². The van der Waals surface area contributed by atoms with Crippen molar-refractivity contribution < 1.29 is 14.0 Å². The molecule has 6 nitrogen and oxygen atoms in total. The minimum absolute atomic E-state index is 0.223. The lowest BCUT2D eigenvalue weighted by Gasteiger charge is -2.34. The highest BCUT2D eigenvalue weighted by Gasteiger charge is 2.22. The lowest BCUT2D eigenvalue weighted by atomic mass is 10.0. The summed E-state index contributed by atoms with van der Waals surface area (Å²) in [6, 6.07) is 14.1. The van der Waals surface area contributed by atoms with Gasteiger partial charge in [-0.05, 0) is 55.3 Å². The van der Waals surface area contributed by atoms with Crippen LogP contribution in [0.15, 0.2) is 53.1 Å². The van der Waals surface area contributed by atoms with Crippen molar-refractivity contribution in [3.63, 3.8) is 0 Å². The number of aromatic nitrogens is 2. The van der Waals surface area contributed by atoms with Gasteiger partial charge in [-0.3, -0.25) is 0 Å². The molecule has 3 aromatic rings. The summed E-state index contributed by atoms with van der Waals surface area (Å²) < 4.78 is 19.3. The van der Waals surface area contributed by atoms with E-state index >= 15 is 0 Å². The molecule has 0 aliphatic carbocycles. The topological polar surface area (TPSA) is 74.4 Å². The fourth-order valence-corrected chi connectivity index (χ4v) is 3.52. The number of benzene rings is 2. The van der Waals surface area contributed by atoms with E-state index in [-0.39, 0.29) is 18.0 Å². The fraction of sp³-hybridized carbons (Fsp3) is 0.333. The molecular weight excluding hydrogens is 359 g/mol. The second-order valence-corrected chi connectivity index (χ2v) is 7.08. The first kappa shape index (κ1) is 18.4. The second kappa shape index (κ2) is 7.98. The van der Waals surface area contributed by atoms with Gasteiger partial charge in [0, 0.05) is 29.9 Å². The molecule has 0 spiro atoms. The normalized spacial score (nSPS) is 16.2. The van der Waals surface area contributed by atoms with Gasteiger partial charge in [-0.15, -0.1) is 0 Å². The van der Waals surface area contributed by atoms with Gasteiger partial charge in [-0.25, -0.2) is 4.39 Å². The first-order chi connectivity index (χ1) is 13.6. The van der Waals surface area contributed by atoms with E-state index in [1.807, 2.05) is 37.3 Å². The number of hydrogen-bond acceptors (Lipinski definition) is 6. The van der Waals surface area contributed by atoms with Gasteiger partial charge < -0.3 is 19.8 Å².